The van der Waals surface area contributed by atoms with Crippen molar-refractivity contribution in [3.05, 3.63) is 40.3 Å². The molecule has 3 heterocycles. The molecule has 120 valence electrons. The van der Waals surface area contributed by atoms with Gasteiger partial charge in [-0.05, 0) is 57.5 Å². The Balaban J connectivity index is 1.43. The van der Waals surface area contributed by atoms with E-state index in [2.05, 4.69) is 29.2 Å². The lowest BCUT2D eigenvalue weighted by atomic mass is 10.1. The molecule has 1 saturated heterocycles. The van der Waals surface area contributed by atoms with E-state index < -0.39 is 0 Å². The molecule has 0 aromatic carbocycles. The molecule has 0 amide bonds. The van der Waals surface area contributed by atoms with Crippen LogP contribution in [0.3, 0.4) is 0 Å². The van der Waals surface area contributed by atoms with Gasteiger partial charge in [-0.25, -0.2) is 0 Å². The predicted octanol–water partition coefficient (Wildman–Crippen LogP) is 3.71. The molecular formula is C17H25N3OS. The summed E-state index contributed by atoms with van der Waals surface area (Å²) in [5, 5.41) is 4.24. The normalized spacial score (nSPS) is 18.9. The summed E-state index contributed by atoms with van der Waals surface area (Å²) in [7, 11) is 2.19. The summed E-state index contributed by atoms with van der Waals surface area (Å²) in [6.45, 7) is 4.03. The molecule has 0 aliphatic carbocycles. The topological polar surface area (TPSA) is 30.3 Å². The minimum Gasteiger partial charge on any atom is -0.373 e. The van der Waals surface area contributed by atoms with Crippen LogP contribution in [0.4, 0.5) is 0 Å². The van der Waals surface area contributed by atoms with Gasteiger partial charge < -0.3 is 9.64 Å². The van der Waals surface area contributed by atoms with Crippen LogP contribution in [0.2, 0.25) is 0 Å². The van der Waals surface area contributed by atoms with Crippen molar-refractivity contribution in [1.29, 1.82) is 0 Å². The maximum absolute atomic E-state index is 5.88. The van der Waals surface area contributed by atoms with Gasteiger partial charge in [-0.3, -0.25) is 4.68 Å². The van der Waals surface area contributed by atoms with Crippen molar-refractivity contribution in [2.45, 2.75) is 44.9 Å². The number of aromatic nitrogens is 2. The van der Waals surface area contributed by atoms with E-state index in [0.717, 1.165) is 32.7 Å². The highest BCUT2D eigenvalue weighted by atomic mass is 32.1. The number of ether oxygens (including phenoxy) is 1. The zero-order chi connectivity index (χ0) is 15.2. The van der Waals surface area contributed by atoms with Gasteiger partial charge in [0.1, 0.15) is 0 Å². The number of aryl methyl sites for hydroxylation is 1. The van der Waals surface area contributed by atoms with Crippen molar-refractivity contribution in [2.75, 3.05) is 20.2 Å². The molecule has 4 nitrogen and oxygen atoms in total. The Morgan fingerprint density at radius 3 is 3.14 bits per heavy atom. The third-order valence-electron chi connectivity index (χ3n) is 4.09. The highest BCUT2D eigenvalue weighted by Crippen LogP contribution is 2.32. The highest BCUT2D eigenvalue weighted by molar-refractivity contribution is 7.12. The minimum absolute atomic E-state index is 0.345. The second-order valence-corrected chi connectivity index (χ2v) is 7.22. The van der Waals surface area contributed by atoms with Gasteiger partial charge in [0.05, 0.1) is 6.10 Å². The van der Waals surface area contributed by atoms with E-state index in [4.69, 9.17) is 4.74 Å². The lowest BCUT2D eigenvalue weighted by molar-refractivity contribution is 0.0172. The molecule has 0 spiro atoms. The Bertz CT molecular complexity index is 546. The zero-order valence-electron chi connectivity index (χ0n) is 13.3. The number of rotatable bonds is 7. The standard InChI is InChI=1S/C17H25N3OS/c1-19(10-5-12-20-11-4-9-18-20)14-15-7-8-17(22-15)16-6-2-3-13-21-16/h4,7-9,11,16H,2-3,5-6,10,12-14H2,1H3/t16-/m1/s1. The Morgan fingerprint density at radius 1 is 1.41 bits per heavy atom. The van der Waals surface area contributed by atoms with Crippen molar-refractivity contribution in [3.8, 4) is 0 Å². The van der Waals surface area contributed by atoms with E-state index in [9.17, 15) is 0 Å². The summed E-state index contributed by atoms with van der Waals surface area (Å²) in [5.41, 5.74) is 0. The average Bonchev–Trinajstić information content (AvgIpc) is 3.20. The summed E-state index contributed by atoms with van der Waals surface area (Å²) in [6, 6.07) is 6.50. The molecule has 0 unspecified atom stereocenters. The molecule has 2 aromatic heterocycles. The summed E-state index contributed by atoms with van der Waals surface area (Å²) >= 11 is 1.91. The van der Waals surface area contributed by atoms with Gasteiger partial charge in [0.15, 0.2) is 0 Å². The minimum atomic E-state index is 0.345. The molecule has 3 rings (SSSR count). The van der Waals surface area contributed by atoms with E-state index in [0.29, 0.717) is 6.10 Å². The fourth-order valence-corrected chi connectivity index (χ4v) is 4.08. The third kappa shape index (κ3) is 4.41. The van der Waals surface area contributed by atoms with Crippen LogP contribution in [-0.4, -0.2) is 34.9 Å². The molecular weight excluding hydrogens is 294 g/mol. The second-order valence-electron chi connectivity index (χ2n) is 6.02. The first-order valence-corrected chi connectivity index (χ1v) is 8.99. The molecule has 1 aliphatic heterocycles. The summed E-state index contributed by atoms with van der Waals surface area (Å²) in [5.74, 6) is 0. The Morgan fingerprint density at radius 2 is 2.36 bits per heavy atom. The highest BCUT2D eigenvalue weighted by Gasteiger charge is 2.18. The average molecular weight is 319 g/mol. The van der Waals surface area contributed by atoms with Crippen LogP contribution < -0.4 is 0 Å². The first-order chi connectivity index (χ1) is 10.8. The molecule has 0 radical (unpaired) electrons. The van der Waals surface area contributed by atoms with Crippen LogP contribution >= 0.6 is 11.3 Å². The molecule has 1 aliphatic rings. The van der Waals surface area contributed by atoms with Crippen molar-refractivity contribution in [1.82, 2.24) is 14.7 Å². The van der Waals surface area contributed by atoms with Gasteiger partial charge in [0.2, 0.25) is 0 Å². The van der Waals surface area contributed by atoms with E-state index in [1.807, 2.05) is 34.5 Å². The van der Waals surface area contributed by atoms with Crippen molar-refractivity contribution >= 4 is 11.3 Å². The molecule has 2 aromatic rings. The lowest BCUT2D eigenvalue weighted by Crippen LogP contribution is -2.19. The van der Waals surface area contributed by atoms with Gasteiger partial charge in [-0.15, -0.1) is 11.3 Å². The van der Waals surface area contributed by atoms with Crippen LogP contribution in [0.25, 0.3) is 0 Å². The van der Waals surface area contributed by atoms with Crippen LogP contribution in [0.1, 0.15) is 41.5 Å². The number of thiophene rings is 1. The fourth-order valence-electron chi connectivity index (χ4n) is 2.90. The first kappa shape index (κ1) is 15.7. The fraction of sp³-hybridized carbons (Fsp3) is 0.588. The van der Waals surface area contributed by atoms with E-state index in [-0.39, 0.29) is 0 Å². The van der Waals surface area contributed by atoms with Crippen molar-refractivity contribution < 1.29 is 4.74 Å². The van der Waals surface area contributed by atoms with Gasteiger partial charge in [-0.2, -0.15) is 5.10 Å². The maximum Gasteiger partial charge on any atom is 0.0916 e. The van der Waals surface area contributed by atoms with E-state index >= 15 is 0 Å². The van der Waals surface area contributed by atoms with Crippen LogP contribution in [-0.2, 0) is 17.8 Å². The van der Waals surface area contributed by atoms with Gasteiger partial charge in [0.25, 0.3) is 0 Å². The van der Waals surface area contributed by atoms with Crippen molar-refractivity contribution in [3.63, 3.8) is 0 Å². The summed E-state index contributed by atoms with van der Waals surface area (Å²) in [6.07, 6.45) is 9.03. The van der Waals surface area contributed by atoms with Gasteiger partial charge in [-0.1, -0.05) is 0 Å². The van der Waals surface area contributed by atoms with Gasteiger partial charge >= 0.3 is 0 Å². The molecule has 5 heteroatoms. The van der Waals surface area contributed by atoms with E-state index in [1.54, 1.807) is 0 Å². The van der Waals surface area contributed by atoms with Gasteiger partial charge in [0, 0.05) is 41.8 Å². The molecule has 22 heavy (non-hydrogen) atoms. The Labute approximate surface area is 136 Å². The summed E-state index contributed by atoms with van der Waals surface area (Å²) in [4.78, 5) is 5.23. The van der Waals surface area contributed by atoms with E-state index in [1.165, 1.54) is 29.0 Å². The lowest BCUT2D eigenvalue weighted by Gasteiger charge is -2.21. The van der Waals surface area contributed by atoms with Crippen LogP contribution in [0, 0.1) is 0 Å². The number of hydrogen-bond acceptors (Lipinski definition) is 4. The molecule has 1 fully saturated rings. The predicted molar refractivity (Wildman–Crippen MR) is 90.0 cm³/mol. The zero-order valence-corrected chi connectivity index (χ0v) is 14.1. The molecule has 0 bridgehead atoms. The van der Waals surface area contributed by atoms with Crippen LogP contribution in [0.15, 0.2) is 30.6 Å². The Hall–Kier alpha value is -1.17. The Kier molecular flexibility index (Phi) is 5.64. The first-order valence-electron chi connectivity index (χ1n) is 8.17. The summed E-state index contributed by atoms with van der Waals surface area (Å²) < 4.78 is 7.87. The number of nitrogens with zero attached hydrogens (tertiary/aromatic N) is 3. The quantitative estimate of drug-likeness (QED) is 0.779. The van der Waals surface area contributed by atoms with Crippen molar-refractivity contribution in [2.24, 2.45) is 0 Å². The maximum atomic E-state index is 5.88. The SMILES string of the molecule is CN(CCCn1cccn1)Cc1ccc([C@H]2CCCCO2)s1. The molecule has 0 saturated carbocycles. The smallest absolute Gasteiger partial charge is 0.0916 e. The second kappa shape index (κ2) is 7.90. The largest absolute Gasteiger partial charge is 0.373 e. The third-order valence-corrected chi connectivity index (χ3v) is 5.25. The van der Waals surface area contributed by atoms with Crippen LogP contribution in [0.5, 0.6) is 0 Å². The molecule has 1 atom stereocenters. The monoisotopic (exact) mass is 319 g/mol. The molecule has 0 N–H and O–H groups in total. The number of hydrogen-bond donors (Lipinski definition) is 0.